The van der Waals surface area contributed by atoms with Gasteiger partial charge in [-0.2, -0.15) is 0 Å². The monoisotopic (exact) mass is 677 g/mol. The molecule has 9 rings (SSSR count). The Kier molecular flexibility index (Phi) is 7.43. The van der Waals surface area contributed by atoms with Crippen LogP contribution in [0.3, 0.4) is 0 Å². The largest absolute Gasteiger partial charge is 0.357 e. The third kappa shape index (κ3) is 5.56. The van der Waals surface area contributed by atoms with Crippen LogP contribution in [0, 0.1) is 0 Å². The number of pyridine rings is 2. The molecule has 0 aromatic carbocycles. The second-order valence-electron chi connectivity index (χ2n) is 13.3. The minimum absolute atomic E-state index is 0.0330. The molecular weight excluding hydrogens is 643 g/mol. The van der Waals surface area contributed by atoms with Crippen LogP contribution in [0.1, 0.15) is 22.8 Å². The van der Waals surface area contributed by atoms with E-state index in [1.165, 1.54) is 0 Å². The van der Waals surface area contributed by atoms with E-state index in [4.69, 9.17) is 9.97 Å². The number of hydrogen-bond acceptors (Lipinski definition) is 4. The fraction of sp³-hybridized carbons (Fsp3) is 0.0682. The van der Waals surface area contributed by atoms with E-state index in [-0.39, 0.29) is 5.78 Å². The zero-order chi connectivity index (χ0) is 35.3. The molecule has 5 aromatic heterocycles. The summed E-state index contributed by atoms with van der Waals surface area (Å²) in [6.45, 7) is 0. The van der Waals surface area contributed by atoms with Gasteiger partial charge in [0, 0.05) is 87.3 Å². The zero-order valence-electron chi connectivity index (χ0n) is 29.0. The maximum atomic E-state index is 12.2. The molecule has 52 heavy (non-hydrogen) atoms. The molecule has 8 heteroatoms. The van der Waals surface area contributed by atoms with Crippen molar-refractivity contribution in [3.63, 3.8) is 0 Å². The lowest BCUT2D eigenvalue weighted by Crippen LogP contribution is -2.25. The Hall–Kier alpha value is -6.93. The fourth-order valence-electron chi connectivity index (χ4n) is 7.05. The smallest absolute Gasteiger partial charge is 0.178 e. The molecule has 0 saturated heterocycles. The van der Waals surface area contributed by atoms with Gasteiger partial charge in [-0.3, -0.25) is 4.79 Å². The van der Waals surface area contributed by atoms with Crippen molar-refractivity contribution in [2.45, 2.75) is 0 Å². The normalized spacial score (nSPS) is 14.7. The molecule has 0 saturated carbocycles. The highest BCUT2D eigenvalue weighted by atomic mass is 16.1. The number of nitrogens with zero attached hydrogens (tertiary/aromatic N) is 5. The van der Waals surface area contributed by atoms with Crippen LogP contribution in [0.4, 0.5) is 0 Å². The lowest BCUT2D eigenvalue weighted by atomic mass is 10.0. The molecule has 8 bridgehead atoms. The summed E-state index contributed by atoms with van der Waals surface area (Å²) in [6, 6.07) is 16.9. The second-order valence-corrected chi connectivity index (χ2v) is 13.3. The molecule has 5 aromatic rings. The number of allylic oxidation sites excluding steroid dienone is 6. The molecule has 0 radical (unpaired) electrons. The average molecular weight is 678 g/mol. The van der Waals surface area contributed by atoms with Crippen LogP contribution in [-0.2, 0) is 18.9 Å². The van der Waals surface area contributed by atoms with Crippen molar-refractivity contribution in [2.75, 3.05) is 7.05 Å². The number of carbonyl (C=O) groups excluding carboxylic acids is 1. The van der Waals surface area contributed by atoms with Crippen molar-refractivity contribution in [1.82, 2.24) is 24.8 Å². The summed E-state index contributed by atoms with van der Waals surface area (Å²) in [7, 11) is 6.05. The maximum Gasteiger partial charge on any atom is 0.178 e. The summed E-state index contributed by atoms with van der Waals surface area (Å²) in [5.41, 5.74) is 13.0. The van der Waals surface area contributed by atoms with Gasteiger partial charge >= 0.3 is 0 Å². The molecule has 4 aliphatic rings. The molecule has 0 atom stereocenters. The van der Waals surface area contributed by atoms with Crippen LogP contribution in [0.15, 0.2) is 122 Å². The standard InChI is InChI=1S/C44H34N7O/c1-49-22-16-29(17-23-49)42-35-10-8-33(45-35)41(28-4-6-32(52)7-5-28)34-9-11-36(46-34)43(30-18-24-50(2)25-19-30)38-13-15-40(48-38)44(39-14-12-37(42)47-39)31-20-26-51(3)27-21-31/h4-27H,1-3H3,(H-,45,46,47,48,52)/q+1/p+1. The predicted molar refractivity (Wildman–Crippen MR) is 207 cm³/mol. The van der Waals surface area contributed by atoms with Gasteiger partial charge < -0.3 is 14.9 Å². The maximum absolute atomic E-state index is 12.2. The van der Waals surface area contributed by atoms with Crippen LogP contribution < -0.4 is 19.6 Å². The Balaban J connectivity index is 1.50. The summed E-state index contributed by atoms with van der Waals surface area (Å²) in [4.78, 5) is 32.5. The van der Waals surface area contributed by atoms with Crippen molar-refractivity contribution >= 4 is 63.3 Å². The van der Waals surface area contributed by atoms with Crippen molar-refractivity contribution in [3.05, 3.63) is 155 Å². The highest BCUT2D eigenvalue weighted by Crippen LogP contribution is 2.34. The minimum Gasteiger partial charge on any atom is -0.357 e. The van der Waals surface area contributed by atoms with Crippen molar-refractivity contribution < 1.29 is 13.9 Å². The molecular formula is C44H35N7O+2. The van der Waals surface area contributed by atoms with E-state index in [2.05, 4.69) is 132 Å². The number of ketones is 1. The third-order valence-corrected chi connectivity index (χ3v) is 9.70. The number of H-pyrrole nitrogens is 2. The van der Waals surface area contributed by atoms with Gasteiger partial charge in [0.05, 0.1) is 22.8 Å². The first-order valence-electron chi connectivity index (χ1n) is 17.2. The number of rotatable bonds is 2. The van der Waals surface area contributed by atoms with Crippen LogP contribution >= 0.6 is 0 Å². The number of aryl methyl sites for hydroxylation is 2. The number of fused-ring (bicyclic) bond motifs is 8. The SMILES string of the molecule is CN1C=CC(=c2c3nc(c(-c4cc[n+](C)cc4)c4nc(c(-c5cc[n+](C)cc5)c5ccc([nH]5)c(=C5C=CC(=O)C=C5)c5ccc2[nH]5)C=C4)C=C3)C=C1. The van der Waals surface area contributed by atoms with Gasteiger partial charge in [-0.25, -0.2) is 19.1 Å². The fourth-order valence-corrected chi connectivity index (χ4v) is 7.05. The van der Waals surface area contributed by atoms with E-state index in [9.17, 15) is 4.79 Å². The van der Waals surface area contributed by atoms with E-state index < -0.39 is 0 Å². The van der Waals surface area contributed by atoms with E-state index in [1.54, 1.807) is 12.2 Å². The zero-order valence-corrected chi connectivity index (χ0v) is 29.0. The highest BCUT2D eigenvalue weighted by molar-refractivity contribution is 6.05. The second kappa shape index (κ2) is 12.4. The topological polar surface area (TPSA) is 85.4 Å². The van der Waals surface area contributed by atoms with Gasteiger partial charge in [0.1, 0.15) is 14.1 Å². The van der Waals surface area contributed by atoms with E-state index in [1.807, 2.05) is 47.3 Å². The molecule has 1 aliphatic carbocycles. The molecule has 8 heterocycles. The number of aromatic amines is 2. The highest BCUT2D eigenvalue weighted by Gasteiger charge is 2.19. The molecule has 0 unspecified atom stereocenters. The lowest BCUT2D eigenvalue weighted by Gasteiger charge is -2.12. The Morgan fingerprint density at radius 2 is 0.942 bits per heavy atom. The molecule has 2 N–H and O–H groups in total. The quantitative estimate of drug-likeness (QED) is 0.233. The molecule has 250 valence electrons. The van der Waals surface area contributed by atoms with Gasteiger partial charge in [0.2, 0.25) is 0 Å². The minimum atomic E-state index is -0.0330. The Bertz CT molecular complexity index is 2790. The van der Waals surface area contributed by atoms with Crippen LogP contribution in [0.5, 0.6) is 0 Å². The Morgan fingerprint density at radius 1 is 0.500 bits per heavy atom. The van der Waals surface area contributed by atoms with Gasteiger partial charge in [-0.15, -0.1) is 0 Å². The predicted octanol–water partition coefficient (Wildman–Crippen LogP) is 5.61. The summed E-state index contributed by atoms with van der Waals surface area (Å²) in [5.74, 6) is -0.0330. The van der Waals surface area contributed by atoms with Crippen LogP contribution in [0.25, 0.3) is 79.8 Å². The Morgan fingerprint density at radius 3 is 1.54 bits per heavy atom. The van der Waals surface area contributed by atoms with Gasteiger partial charge in [-0.1, -0.05) is 12.2 Å². The van der Waals surface area contributed by atoms with E-state index in [0.717, 1.165) is 88.7 Å². The van der Waals surface area contributed by atoms with Crippen molar-refractivity contribution in [2.24, 2.45) is 14.1 Å². The molecule has 0 spiro atoms. The van der Waals surface area contributed by atoms with Crippen LogP contribution in [0.2, 0.25) is 0 Å². The molecule has 0 amide bonds. The summed E-state index contributed by atoms with van der Waals surface area (Å²) < 4.78 is 4.06. The number of nitrogens with one attached hydrogen (secondary N) is 2. The average Bonchev–Trinajstić information content (AvgIpc) is 3.99. The summed E-state index contributed by atoms with van der Waals surface area (Å²) in [6.07, 6.45) is 31.9. The lowest BCUT2D eigenvalue weighted by molar-refractivity contribution is -0.671. The first-order valence-corrected chi connectivity index (χ1v) is 17.2. The van der Waals surface area contributed by atoms with Crippen molar-refractivity contribution in [3.8, 4) is 22.3 Å². The van der Waals surface area contributed by atoms with Crippen LogP contribution in [-0.4, -0.2) is 37.7 Å². The first-order chi connectivity index (χ1) is 25.4. The molecule has 8 nitrogen and oxygen atoms in total. The van der Waals surface area contributed by atoms with E-state index in [0.29, 0.717) is 0 Å². The van der Waals surface area contributed by atoms with Crippen molar-refractivity contribution in [1.29, 1.82) is 0 Å². The van der Waals surface area contributed by atoms with E-state index >= 15 is 0 Å². The number of hydrogen-bond donors (Lipinski definition) is 2. The summed E-state index contributed by atoms with van der Waals surface area (Å²) >= 11 is 0. The van der Waals surface area contributed by atoms with Gasteiger partial charge in [0.15, 0.2) is 30.6 Å². The Labute approximate surface area is 300 Å². The number of aromatic nitrogens is 6. The van der Waals surface area contributed by atoms with Gasteiger partial charge in [-0.05, 0) is 95.1 Å². The van der Waals surface area contributed by atoms with Gasteiger partial charge in [0.25, 0.3) is 0 Å². The molecule has 0 fully saturated rings. The summed E-state index contributed by atoms with van der Waals surface area (Å²) in [5, 5.41) is 1.93. The third-order valence-electron chi connectivity index (χ3n) is 9.70. The first kappa shape index (κ1) is 31.1. The number of carbonyl (C=O) groups is 1. The molecule has 3 aliphatic heterocycles.